The minimum Gasteiger partial charge on any atom is -0.384 e. The van der Waals surface area contributed by atoms with E-state index >= 15 is 0 Å². The molecule has 0 bridgehead atoms. The summed E-state index contributed by atoms with van der Waals surface area (Å²) in [5.41, 5.74) is 1.25. The van der Waals surface area contributed by atoms with Gasteiger partial charge in [0.1, 0.15) is 0 Å². The van der Waals surface area contributed by atoms with Gasteiger partial charge in [0.15, 0.2) is 0 Å². The molecule has 0 N–H and O–H groups in total. The molecule has 0 fully saturated rings. The summed E-state index contributed by atoms with van der Waals surface area (Å²) in [6.07, 6.45) is 3.94. The highest BCUT2D eigenvalue weighted by molar-refractivity contribution is 5.17. The average Bonchev–Trinajstić information content (AvgIpc) is 2.11. The van der Waals surface area contributed by atoms with Gasteiger partial charge >= 0.3 is 0 Å². The van der Waals surface area contributed by atoms with Crippen LogP contribution in [0.15, 0.2) is 37.5 Å². The molecule has 70 valence electrons. The van der Waals surface area contributed by atoms with Crippen LogP contribution in [0.2, 0.25) is 0 Å². The first-order valence-corrected chi connectivity index (χ1v) is 4.03. The zero-order valence-corrected chi connectivity index (χ0v) is 8.47. The molecule has 0 aliphatic carbocycles. The normalized spacial score (nSPS) is 12.8. The Labute approximate surface area is 76.4 Å². The summed E-state index contributed by atoms with van der Waals surface area (Å²) in [6, 6.07) is 0. The second-order valence-corrected chi connectivity index (χ2v) is 2.35. The van der Waals surface area contributed by atoms with Crippen molar-refractivity contribution >= 4 is 0 Å². The number of hydrogen-bond donors (Lipinski definition) is 0. The molecule has 0 aromatic heterocycles. The van der Waals surface area contributed by atoms with Crippen LogP contribution < -0.4 is 0 Å². The number of methoxy groups -OCH3 is 1. The van der Waals surface area contributed by atoms with Gasteiger partial charge in [-0.2, -0.15) is 0 Å². The fourth-order valence-electron chi connectivity index (χ4n) is 0.950. The fraction of sp³-hybridized carbons (Fsp3) is 0.455. The monoisotopic (exact) mass is 168 g/mol. The highest BCUT2D eigenvalue weighted by Gasteiger charge is 2.02. The second-order valence-electron chi connectivity index (χ2n) is 2.35. The van der Waals surface area contributed by atoms with Gasteiger partial charge in [-0.25, -0.2) is 0 Å². The van der Waals surface area contributed by atoms with Gasteiger partial charge in [0.2, 0.25) is 0 Å². The topological polar surface area (TPSA) is 9.23 Å². The van der Waals surface area contributed by atoms with Crippen molar-refractivity contribution in [2.45, 2.75) is 13.8 Å². The maximum Gasteiger partial charge on any atom is 0.0528 e. The van der Waals surface area contributed by atoms with Crippen LogP contribution in [0, 0.1) is 5.92 Å². The highest BCUT2D eigenvalue weighted by Crippen LogP contribution is 2.10. The van der Waals surface area contributed by atoms with Crippen LogP contribution in [0.1, 0.15) is 13.8 Å². The van der Waals surface area contributed by atoms with Crippen LogP contribution in [-0.4, -0.2) is 13.7 Å². The van der Waals surface area contributed by atoms with E-state index < -0.39 is 0 Å². The van der Waals surface area contributed by atoms with Crippen molar-refractivity contribution in [1.82, 2.24) is 0 Å². The molecule has 12 heavy (non-hydrogen) atoms. The summed E-state index contributed by atoms with van der Waals surface area (Å²) < 4.78 is 5.00. The summed E-state index contributed by atoms with van der Waals surface area (Å²) in [4.78, 5) is 0. The molecule has 0 saturated heterocycles. The predicted octanol–water partition coefficient (Wildman–Crippen LogP) is 3.20. The van der Waals surface area contributed by atoms with Crippen LogP contribution in [-0.2, 0) is 4.74 Å². The summed E-state index contributed by atoms with van der Waals surface area (Å²) in [6.45, 7) is 14.6. The van der Waals surface area contributed by atoms with Crippen molar-refractivity contribution in [3.8, 4) is 0 Å². The molecule has 0 spiro atoms. The van der Waals surface area contributed by atoms with E-state index in [0.717, 1.165) is 6.61 Å². The smallest absolute Gasteiger partial charge is 0.0528 e. The maximum atomic E-state index is 5.00. The van der Waals surface area contributed by atoms with E-state index in [0.29, 0.717) is 5.92 Å². The van der Waals surface area contributed by atoms with Gasteiger partial charge < -0.3 is 4.74 Å². The minimum absolute atomic E-state index is 0.465. The van der Waals surface area contributed by atoms with Crippen molar-refractivity contribution in [3.63, 3.8) is 0 Å². The third-order valence-corrected chi connectivity index (χ3v) is 1.55. The molecule has 0 radical (unpaired) electrons. The lowest BCUT2D eigenvalue weighted by Crippen LogP contribution is -2.04. The van der Waals surface area contributed by atoms with Crippen molar-refractivity contribution < 1.29 is 4.74 Å². The molecular weight excluding hydrogens is 148 g/mol. The van der Waals surface area contributed by atoms with Crippen LogP contribution in [0.3, 0.4) is 0 Å². The first-order valence-electron chi connectivity index (χ1n) is 4.03. The van der Waals surface area contributed by atoms with Crippen molar-refractivity contribution in [2.75, 3.05) is 13.7 Å². The van der Waals surface area contributed by atoms with E-state index in [9.17, 15) is 0 Å². The third-order valence-electron chi connectivity index (χ3n) is 1.55. The Kier molecular flexibility index (Phi) is 11.7. The third kappa shape index (κ3) is 5.93. The second kappa shape index (κ2) is 10.2. The van der Waals surface area contributed by atoms with Gasteiger partial charge in [0.05, 0.1) is 6.61 Å². The molecule has 0 amide bonds. The van der Waals surface area contributed by atoms with E-state index in [2.05, 4.69) is 32.7 Å². The Morgan fingerprint density at radius 1 is 1.50 bits per heavy atom. The minimum atomic E-state index is 0.465. The van der Waals surface area contributed by atoms with E-state index in [1.807, 2.05) is 13.0 Å². The Balaban J connectivity index is 0. The van der Waals surface area contributed by atoms with Crippen molar-refractivity contribution in [2.24, 2.45) is 5.92 Å². The van der Waals surface area contributed by atoms with Crippen LogP contribution >= 0.6 is 0 Å². The summed E-state index contributed by atoms with van der Waals surface area (Å²) >= 11 is 0. The molecule has 1 nitrogen and oxygen atoms in total. The van der Waals surface area contributed by atoms with Gasteiger partial charge in [-0.1, -0.05) is 25.7 Å². The lowest BCUT2D eigenvalue weighted by molar-refractivity contribution is 0.173. The summed E-state index contributed by atoms with van der Waals surface area (Å²) in [5.74, 6) is 0.465. The molecule has 1 heteroatoms. The Bertz CT molecular complexity index is 136. The number of rotatable bonds is 4. The summed E-state index contributed by atoms with van der Waals surface area (Å²) in [5, 5.41) is 0. The predicted molar refractivity (Wildman–Crippen MR) is 56.2 cm³/mol. The van der Waals surface area contributed by atoms with Crippen molar-refractivity contribution in [3.05, 3.63) is 37.5 Å². The molecule has 0 aromatic carbocycles. The zero-order valence-electron chi connectivity index (χ0n) is 8.47. The molecule has 1 unspecified atom stereocenters. The van der Waals surface area contributed by atoms with Crippen LogP contribution in [0.5, 0.6) is 0 Å². The van der Waals surface area contributed by atoms with Crippen LogP contribution in [0.4, 0.5) is 0 Å². The lowest BCUT2D eigenvalue weighted by atomic mass is 10.0. The number of hydrogen-bond acceptors (Lipinski definition) is 1. The highest BCUT2D eigenvalue weighted by atomic mass is 16.5. The van der Waals surface area contributed by atoms with Gasteiger partial charge in [0, 0.05) is 13.0 Å². The summed E-state index contributed by atoms with van der Waals surface area (Å²) in [7, 11) is 1.72. The van der Waals surface area contributed by atoms with E-state index in [4.69, 9.17) is 4.74 Å². The van der Waals surface area contributed by atoms with Gasteiger partial charge in [-0.3, -0.25) is 0 Å². The number of ether oxygens (including phenoxy) is 1. The molecule has 0 aliphatic rings. The van der Waals surface area contributed by atoms with Gasteiger partial charge in [-0.15, -0.1) is 13.2 Å². The molecule has 0 saturated carbocycles. The van der Waals surface area contributed by atoms with Gasteiger partial charge in [-0.05, 0) is 12.5 Å². The first kappa shape index (κ1) is 13.7. The lowest BCUT2D eigenvalue weighted by Gasteiger charge is -2.09. The molecular formula is C11H20O. The molecule has 0 heterocycles. The average molecular weight is 168 g/mol. The molecule has 0 aliphatic heterocycles. The van der Waals surface area contributed by atoms with Crippen LogP contribution in [0.25, 0.3) is 0 Å². The maximum absolute atomic E-state index is 5.00. The molecule has 0 rings (SSSR count). The Hall–Kier alpha value is -0.820. The standard InChI is InChI=1S/C9H16O.C2H4/c1-5-9(6-2)8(3)7-10-4;1-2/h5-6,8H,1,7H2,2-4H3;1-2H2/b9-6+;. The van der Waals surface area contributed by atoms with Gasteiger partial charge in [0.25, 0.3) is 0 Å². The Morgan fingerprint density at radius 3 is 2.25 bits per heavy atom. The fourth-order valence-corrected chi connectivity index (χ4v) is 0.950. The Morgan fingerprint density at radius 2 is 2.00 bits per heavy atom. The molecule has 0 aromatic rings. The quantitative estimate of drug-likeness (QED) is 0.462. The molecule has 1 atom stereocenters. The van der Waals surface area contributed by atoms with Crippen molar-refractivity contribution in [1.29, 1.82) is 0 Å². The van der Waals surface area contributed by atoms with E-state index in [-0.39, 0.29) is 0 Å². The van der Waals surface area contributed by atoms with E-state index in [1.54, 1.807) is 7.11 Å². The SMILES string of the molecule is C=C.C=C/C(=C\C)C(C)COC. The van der Waals surface area contributed by atoms with E-state index in [1.165, 1.54) is 5.57 Å². The zero-order chi connectivity index (χ0) is 9.98. The largest absolute Gasteiger partial charge is 0.384 e. The number of allylic oxidation sites excluding steroid dienone is 2. The first-order chi connectivity index (χ1) is 5.76.